The lowest BCUT2D eigenvalue weighted by Gasteiger charge is -2.00. The molecule has 0 radical (unpaired) electrons. The molecule has 1 N–H and O–H groups in total. The van der Waals surface area contributed by atoms with Crippen molar-refractivity contribution in [2.45, 2.75) is 18.2 Å². The Morgan fingerprint density at radius 3 is 3.00 bits per heavy atom. The summed E-state index contributed by atoms with van der Waals surface area (Å²) >= 11 is 4.22. The quantitative estimate of drug-likeness (QED) is 0.572. The lowest BCUT2D eigenvalue weighted by molar-refractivity contribution is 0.102. The Labute approximate surface area is 137 Å². The van der Waals surface area contributed by atoms with Crippen LogP contribution in [-0.2, 0) is 0 Å². The van der Waals surface area contributed by atoms with Crippen LogP contribution in [0.4, 0.5) is 5.13 Å². The molecule has 0 unspecified atom stereocenters. The van der Waals surface area contributed by atoms with Crippen LogP contribution in [0.15, 0.2) is 21.5 Å². The van der Waals surface area contributed by atoms with Gasteiger partial charge in [0.05, 0.1) is 0 Å². The normalized spacial score (nSPS) is 11.0. The molecule has 3 aromatic heterocycles. The first-order valence-electron chi connectivity index (χ1n) is 6.34. The monoisotopic (exact) mass is 353 g/mol. The predicted octanol–water partition coefficient (Wildman–Crippen LogP) is 2.28. The van der Waals surface area contributed by atoms with Gasteiger partial charge in [0.2, 0.25) is 5.13 Å². The molecule has 22 heavy (non-hydrogen) atoms. The third-order valence-electron chi connectivity index (χ3n) is 2.66. The maximum Gasteiger partial charge on any atom is 0.271 e. The molecule has 1 amide bonds. The van der Waals surface area contributed by atoms with Gasteiger partial charge in [-0.1, -0.05) is 30.0 Å². The lowest BCUT2D eigenvalue weighted by Crippen LogP contribution is -2.25. The van der Waals surface area contributed by atoms with E-state index < -0.39 is 5.91 Å². The van der Waals surface area contributed by atoms with Gasteiger partial charge in [-0.2, -0.15) is 0 Å². The molecule has 0 aliphatic rings. The Bertz CT molecular complexity index is 898. The summed E-state index contributed by atoms with van der Waals surface area (Å²) in [4.78, 5) is 30.2. The standard InChI is InChI=1S/C12H11N5O2S3/c1-3-20-12-16-15-10(22-12)14-8(18)7-4-13-11-17(9(7)19)5-6(2)21-11/h4-5H,3H2,1-2H3,(H,14,15,18). The summed E-state index contributed by atoms with van der Waals surface area (Å²) in [6.07, 6.45) is 2.97. The highest BCUT2D eigenvalue weighted by molar-refractivity contribution is 8.01. The Hall–Kier alpha value is -1.78. The smallest absolute Gasteiger partial charge is 0.271 e. The lowest BCUT2D eigenvalue weighted by atomic mass is 10.3. The van der Waals surface area contributed by atoms with E-state index in [1.165, 1.54) is 33.3 Å². The fourth-order valence-electron chi connectivity index (χ4n) is 1.76. The number of aryl methyl sites for hydroxylation is 1. The Morgan fingerprint density at radius 2 is 2.23 bits per heavy atom. The highest BCUT2D eigenvalue weighted by Gasteiger charge is 2.16. The molecular formula is C12H11N5O2S3. The number of carbonyl (C=O) groups excluding carboxylic acids is 1. The van der Waals surface area contributed by atoms with Gasteiger partial charge in [-0.3, -0.25) is 19.3 Å². The third-order valence-corrected chi connectivity index (χ3v) is 5.43. The summed E-state index contributed by atoms with van der Waals surface area (Å²) in [6, 6.07) is 0. The van der Waals surface area contributed by atoms with E-state index in [1.54, 1.807) is 18.0 Å². The number of thiazole rings is 1. The molecule has 0 aliphatic carbocycles. The number of anilines is 1. The molecule has 10 heteroatoms. The molecule has 114 valence electrons. The third kappa shape index (κ3) is 2.89. The van der Waals surface area contributed by atoms with E-state index in [-0.39, 0.29) is 11.1 Å². The van der Waals surface area contributed by atoms with Gasteiger partial charge in [0.25, 0.3) is 11.5 Å². The van der Waals surface area contributed by atoms with Gasteiger partial charge in [-0.25, -0.2) is 4.98 Å². The highest BCUT2D eigenvalue weighted by Crippen LogP contribution is 2.25. The molecule has 7 nitrogen and oxygen atoms in total. The highest BCUT2D eigenvalue weighted by atomic mass is 32.2. The Kier molecular flexibility index (Phi) is 4.23. The van der Waals surface area contributed by atoms with Gasteiger partial charge in [-0.15, -0.1) is 21.5 Å². The van der Waals surface area contributed by atoms with Crippen LogP contribution in [0.1, 0.15) is 22.2 Å². The first-order chi connectivity index (χ1) is 10.6. The second-order valence-corrected chi connectivity index (χ2v) is 7.93. The van der Waals surface area contributed by atoms with Crippen molar-refractivity contribution < 1.29 is 4.79 Å². The molecule has 0 fully saturated rings. The summed E-state index contributed by atoms with van der Waals surface area (Å²) in [6.45, 7) is 3.89. The molecule has 0 saturated carbocycles. The van der Waals surface area contributed by atoms with E-state index in [0.717, 1.165) is 15.0 Å². The van der Waals surface area contributed by atoms with E-state index in [9.17, 15) is 9.59 Å². The number of nitrogens with zero attached hydrogens (tertiary/aromatic N) is 4. The number of rotatable bonds is 4. The number of aromatic nitrogens is 4. The van der Waals surface area contributed by atoms with Gasteiger partial charge in [-0.05, 0) is 12.7 Å². The average Bonchev–Trinajstić information content (AvgIpc) is 3.06. The zero-order valence-corrected chi connectivity index (χ0v) is 14.1. The topological polar surface area (TPSA) is 89.2 Å². The molecule has 0 aromatic carbocycles. The van der Waals surface area contributed by atoms with Crippen molar-refractivity contribution in [3.8, 4) is 0 Å². The number of thioether (sulfide) groups is 1. The van der Waals surface area contributed by atoms with Crippen LogP contribution in [0.25, 0.3) is 4.96 Å². The van der Waals surface area contributed by atoms with Crippen LogP contribution in [0, 0.1) is 6.92 Å². The maximum absolute atomic E-state index is 12.3. The fourth-order valence-corrected chi connectivity index (χ4v) is 4.19. The Balaban J connectivity index is 1.88. The second kappa shape index (κ2) is 6.15. The molecule has 0 saturated heterocycles. The molecule has 3 heterocycles. The van der Waals surface area contributed by atoms with Gasteiger partial charge < -0.3 is 0 Å². The second-order valence-electron chi connectivity index (χ2n) is 4.23. The minimum Gasteiger partial charge on any atom is -0.296 e. The zero-order chi connectivity index (χ0) is 15.7. The van der Waals surface area contributed by atoms with Crippen LogP contribution >= 0.6 is 34.4 Å². The number of fused-ring (bicyclic) bond motifs is 1. The largest absolute Gasteiger partial charge is 0.296 e. The summed E-state index contributed by atoms with van der Waals surface area (Å²) in [5.74, 6) is 0.349. The number of hydrogen-bond acceptors (Lipinski definition) is 8. The van der Waals surface area contributed by atoms with Crippen LogP contribution in [0.2, 0.25) is 0 Å². The summed E-state index contributed by atoms with van der Waals surface area (Å²) in [5.41, 5.74) is -0.408. The van der Waals surface area contributed by atoms with Crippen molar-refractivity contribution in [3.63, 3.8) is 0 Å². The zero-order valence-electron chi connectivity index (χ0n) is 11.7. The average molecular weight is 353 g/mol. The van der Waals surface area contributed by atoms with Gasteiger partial charge in [0.1, 0.15) is 5.56 Å². The predicted molar refractivity (Wildman–Crippen MR) is 88.3 cm³/mol. The first kappa shape index (κ1) is 15.1. The fraction of sp³-hybridized carbons (Fsp3) is 0.250. The molecule has 0 spiro atoms. The van der Waals surface area contributed by atoms with E-state index in [2.05, 4.69) is 20.5 Å². The summed E-state index contributed by atoms with van der Waals surface area (Å²) in [5, 5.41) is 10.8. The van der Waals surface area contributed by atoms with Gasteiger partial charge in [0, 0.05) is 17.3 Å². The van der Waals surface area contributed by atoms with Crippen molar-refractivity contribution in [1.82, 2.24) is 19.6 Å². The minimum atomic E-state index is -0.528. The van der Waals surface area contributed by atoms with E-state index in [4.69, 9.17) is 0 Å². The summed E-state index contributed by atoms with van der Waals surface area (Å²) in [7, 11) is 0. The molecule has 0 bridgehead atoms. The van der Waals surface area contributed by atoms with Crippen molar-refractivity contribution in [3.05, 3.63) is 33.2 Å². The van der Waals surface area contributed by atoms with E-state index in [1.807, 2.05) is 13.8 Å². The number of hydrogen-bond donors (Lipinski definition) is 1. The summed E-state index contributed by atoms with van der Waals surface area (Å²) < 4.78 is 2.16. The first-order valence-corrected chi connectivity index (χ1v) is 8.96. The van der Waals surface area contributed by atoms with E-state index >= 15 is 0 Å². The van der Waals surface area contributed by atoms with Crippen molar-refractivity contribution in [2.75, 3.05) is 11.1 Å². The van der Waals surface area contributed by atoms with Crippen molar-refractivity contribution in [2.24, 2.45) is 0 Å². The van der Waals surface area contributed by atoms with Gasteiger partial charge in [0.15, 0.2) is 9.30 Å². The molecule has 0 aliphatic heterocycles. The van der Waals surface area contributed by atoms with E-state index in [0.29, 0.717) is 10.1 Å². The van der Waals surface area contributed by atoms with Crippen LogP contribution in [0.3, 0.4) is 0 Å². The minimum absolute atomic E-state index is 0.0183. The molecule has 3 rings (SSSR count). The number of carbonyl (C=O) groups is 1. The van der Waals surface area contributed by atoms with Crippen molar-refractivity contribution in [1.29, 1.82) is 0 Å². The maximum atomic E-state index is 12.3. The SMILES string of the molecule is CCSc1nnc(NC(=O)c2cnc3sc(C)cn3c2=O)s1. The molecule has 0 atom stereocenters. The molecular weight excluding hydrogens is 342 g/mol. The number of nitrogens with one attached hydrogen (secondary N) is 1. The van der Waals surface area contributed by atoms with Crippen LogP contribution in [0.5, 0.6) is 0 Å². The number of amides is 1. The van der Waals surface area contributed by atoms with Gasteiger partial charge >= 0.3 is 0 Å². The van der Waals surface area contributed by atoms with Crippen LogP contribution in [-0.4, -0.2) is 31.2 Å². The Morgan fingerprint density at radius 1 is 1.41 bits per heavy atom. The van der Waals surface area contributed by atoms with Crippen LogP contribution < -0.4 is 10.9 Å². The molecule has 3 aromatic rings. The van der Waals surface area contributed by atoms with Crippen molar-refractivity contribution >= 4 is 50.4 Å².